The second-order valence-corrected chi connectivity index (χ2v) is 4.88. The van der Waals surface area contributed by atoms with Gasteiger partial charge in [-0.25, -0.2) is 4.98 Å². The minimum Gasteiger partial charge on any atom is -0.365 e. The predicted molar refractivity (Wildman–Crippen MR) is 81.6 cm³/mol. The summed E-state index contributed by atoms with van der Waals surface area (Å²) in [6.07, 6.45) is 3.77. The number of imidazole rings is 1. The van der Waals surface area contributed by atoms with Crippen molar-refractivity contribution in [2.24, 2.45) is 5.73 Å². The van der Waals surface area contributed by atoms with Crippen molar-refractivity contribution in [1.82, 2.24) is 9.38 Å². The van der Waals surface area contributed by atoms with Crippen molar-refractivity contribution in [3.8, 4) is 0 Å². The van der Waals surface area contributed by atoms with Crippen LogP contribution in [0.4, 0.5) is 5.82 Å². The van der Waals surface area contributed by atoms with Gasteiger partial charge in [-0.3, -0.25) is 4.40 Å². The number of fused-ring (bicyclic) bond motifs is 1. The summed E-state index contributed by atoms with van der Waals surface area (Å²) >= 11 is 0. The highest BCUT2D eigenvalue weighted by molar-refractivity contribution is 5.50. The first-order valence-electron chi connectivity index (χ1n) is 6.75. The van der Waals surface area contributed by atoms with Gasteiger partial charge in [-0.2, -0.15) is 0 Å². The molecule has 3 rings (SSSR count). The minimum absolute atomic E-state index is 0.217. The van der Waals surface area contributed by atoms with Gasteiger partial charge in [-0.05, 0) is 30.2 Å². The van der Waals surface area contributed by atoms with Crippen LogP contribution >= 0.6 is 0 Å². The summed E-state index contributed by atoms with van der Waals surface area (Å²) in [7, 11) is 0. The molecule has 1 unspecified atom stereocenters. The number of aromatic nitrogens is 2. The number of rotatable bonds is 4. The molecule has 20 heavy (non-hydrogen) atoms. The molecule has 0 aliphatic heterocycles. The summed E-state index contributed by atoms with van der Waals surface area (Å²) in [5.74, 6) is 1.04. The Bertz CT molecular complexity index is 700. The third-order valence-electron chi connectivity index (χ3n) is 3.51. The van der Waals surface area contributed by atoms with Crippen molar-refractivity contribution in [3.63, 3.8) is 0 Å². The van der Waals surface area contributed by atoms with Gasteiger partial charge >= 0.3 is 0 Å². The van der Waals surface area contributed by atoms with Crippen molar-refractivity contribution >= 4 is 11.5 Å². The highest BCUT2D eigenvalue weighted by Gasteiger charge is 2.07. The highest BCUT2D eigenvalue weighted by Crippen LogP contribution is 2.20. The molecule has 3 aromatic rings. The van der Waals surface area contributed by atoms with Crippen LogP contribution < -0.4 is 11.1 Å². The maximum atomic E-state index is 5.62. The van der Waals surface area contributed by atoms with Crippen LogP contribution in [-0.4, -0.2) is 9.38 Å². The van der Waals surface area contributed by atoms with E-state index in [1.165, 1.54) is 5.56 Å². The second kappa shape index (κ2) is 5.35. The summed E-state index contributed by atoms with van der Waals surface area (Å²) < 4.78 is 2.05. The molecule has 0 aliphatic rings. The molecule has 3 N–H and O–H groups in total. The maximum absolute atomic E-state index is 5.62. The van der Waals surface area contributed by atoms with Crippen molar-refractivity contribution in [1.29, 1.82) is 0 Å². The van der Waals surface area contributed by atoms with Gasteiger partial charge in [0.25, 0.3) is 0 Å². The lowest BCUT2D eigenvalue weighted by molar-refractivity contribution is 0.866. The molecule has 102 valence electrons. The van der Waals surface area contributed by atoms with Crippen molar-refractivity contribution < 1.29 is 0 Å². The average Bonchev–Trinajstić information content (AvgIpc) is 2.97. The number of hydrogen-bond donors (Lipinski definition) is 2. The van der Waals surface area contributed by atoms with Crippen LogP contribution in [0.1, 0.15) is 24.1 Å². The summed E-state index contributed by atoms with van der Waals surface area (Å²) in [6, 6.07) is 14.7. The fourth-order valence-corrected chi connectivity index (χ4v) is 2.31. The van der Waals surface area contributed by atoms with Crippen LogP contribution in [0.3, 0.4) is 0 Å². The molecule has 0 fully saturated rings. The molecule has 0 saturated carbocycles. The second-order valence-electron chi connectivity index (χ2n) is 4.88. The lowest BCUT2D eigenvalue weighted by atomic mass is 10.1. The number of nitrogens with two attached hydrogens (primary N) is 1. The van der Waals surface area contributed by atoms with E-state index in [0.29, 0.717) is 6.54 Å². The third kappa shape index (κ3) is 2.38. The van der Waals surface area contributed by atoms with Gasteiger partial charge < -0.3 is 11.1 Å². The van der Waals surface area contributed by atoms with Gasteiger partial charge in [0.05, 0.1) is 0 Å². The topological polar surface area (TPSA) is 55.4 Å². The van der Waals surface area contributed by atoms with E-state index in [-0.39, 0.29) is 6.04 Å². The molecular formula is C16H18N4. The van der Waals surface area contributed by atoms with Crippen LogP contribution in [-0.2, 0) is 6.54 Å². The van der Waals surface area contributed by atoms with Crippen LogP contribution in [0.5, 0.6) is 0 Å². The molecular weight excluding hydrogens is 248 g/mol. The van der Waals surface area contributed by atoms with Crippen LogP contribution in [0.25, 0.3) is 5.65 Å². The third-order valence-corrected chi connectivity index (χ3v) is 3.51. The fraction of sp³-hybridized carbons (Fsp3) is 0.188. The summed E-state index contributed by atoms with van der Waals surface area (Å²) in [4.78, 5) is 4.29. The van der Waals surface area contributed by atoms with Gasteiger partial charge in [-0.1, -0.05) is 30.3 Å². The molecule has 2 aromatic heterocycles. The molecule has 0 amide bonds. The largest absolute Gasteiger partial charge is 0.365 e. The van der Waals surface area contributed by atoms with E-state index in [0.717, 1.165) is 17.0 Å². The van der Waals surface area contributed by atoms with E-state index in [4.69, 9.17) is 5.73 Å². The predicted octanol–water partition coefficient (Wildman–Crippen LogP) is 2.97. The minimum atomic E-state index is 0.217. The fourth-order valence-electron chi connectivity index (χ4n) is 2.31. The first-order chi connectivity index (χ1) is 9.78. The Morgan fingerprint density at radius 2 is 2.00 bits per heavy atom. The van der Waals surface area contributed by atoms with Crippen LogP contribution in [0, 0.1) is 0 Å². The lowest BCUT2D eigenvalue weighted by Gasteiger charge is -2.17. The van der Waals surface area contributed by atoms with Crippen LogP contribution in [0.2, 0.25) is 0 Å². The molecule has 0 radical (unpaired) electrons. The Balaban J connectivity index is 1.84. The van der Waals surface area contributed by atoms with E-state index in [2.05, 4.69) is 47.6 Å². The first-order valence-corrected chi connectivity index (χ1v) is 6.75. The zero-order valence-corrected chi connectivity index (χ0v) is 11.5. The Labute approximate surface area is 118 Å². The van der Waals surface area contributed by atoms with E-state index in [1.807, 2.05) is 22.7 Å². The smallest absolute Gasteiger partial charge is 0.138 e. The summed E-state index contributed by atoms with van der Waals surface area (Å²) in [5.41, 5.74) is 8.96. The van der Waals surface area contributed by atoms with E-state index < -0.39 is 0 Å². The first kappa shape index (κ1) is 12.7. The summed E-state index contributed by atoms with van der Waals surface area (Å²) in [5, 5.41) is 3.52. The molecule has 0 aliphatic carbocycles. The molecule has 2 heterocycles. The normalized spacial score (nSPS) is 12.5. The number of pyridine rings is 1. The maximum Gasteiger partial charge on any atom is 0.138 e. The van der Waals surface area contributed by atoms with Gasteiger partial charge in [-0.15, -0.1) is 0 Å². The average molecular weight is 266 g/mol. The monoisotopic (exact) mass is 266 g/mol. The number of hydrogen-bond acceptors (Lipinski definition) is 3. The lowest BCUT2D eigenvalue weighted by Crippen LogP contribution is -2.09. The van der Waals surface area contributed by atoms with Crippen LogP contribution in [0.15, 0.2) is 54.9 Å². The molecule has 4 heteroatoms. The Kier molecular flexibility index (Phi) is 3.39. The standard InChI is InChI=1S/C16H18N4/c1-12(14-7-5-13(11-17)6-8-14)19-16-4-2-3-15-18-9-10-20(15)16/h2-10,12,19H,11,17H2,1H3. The van der Waals surface area contributed by atoms with Crippen molar-refractivity contribution in [3.05, 3.63) is 66.0 Å². The van der Waals surface area contributed by atoms with E-state index >= 15 is 0 Å². The number of nitrogens with zero attached hydrogens (tertiary/aromatic N) is 2. The molecule has 1 aromatic carbocycles. The van der Waals surface area contributed by atoms with Gasteiger partial charge in [0.2, 0.25) is 0 Å². The Morgan fingerprint density at radius 3 is 2.75 bits per heavy atom. The SMILES string of the molecule is CC(Nc1cccc2nccn12)c1ccc(CN)cc1. The molecule has 0 bridgehead atoms. The Morgan fingerprint density at radius 1 is 1.20 bits per heavy atom. The van der Waals surface area contributed by atoms with Gasteiger partial charge in [0, 0.05) is 25.0 Å². The van der Waals surface area contributed by atoms with Gasteiger partial charge in [0.1, 0.15) is 11.5 Å². The quantitative estimate of drug-likeness (QED) is 0.763. The van der Waals surface area contributed by atoms with E-state index in [1.54, 1.807) is 6.20 Å². The molecule has 0 spiro atoms. The van der Waals surface area contributed by atoms with Gasteiger partial charge in [0.15, 0.2) is 0 Å². The number of anilines is 1. The number of benzene rings is 1. The van der Waals surface area contributed by atoms with Crippen molar-refractivity contribution in [2.45, 2.75) is 19.5 Å². The zero-order chi connectivity index (χ0) is 13.9. The molecule has 1 atom stereocenters. The number of nitrogens with one attached hydrogen (secondary N) is 1. The highest BCUT2D eigenvalue weighted by atomic mass is 15.1. The molecule has 4 nitrogen and oxygen atoms in total. The van der Waals surface area contributed by atoms with E-state index in [9.17, 15) is 0 Å². The Hall–Kier alpha value is -2.33. The summed E-state index contributed by atoms with van der Waals surface area (Å²) in [6.45, 7) is 2.73. The van der Waals surface area contributed by atoms with Crippen molar-refractivity contribution in [2.75, 3.05) is 5.32 Å². The molecule has 0 saturated heterocycles. The zero-order valence-electron chi connectivity index (χ0n) is 11.5.